The molecule has 5 nitrogen and oxygen atoms in total. The van der Waals surface area contributed by atoms with E-state index in [0.717, 1.165) is 76.3 Å². The first kappa shape index (κ1) is 70.3. The Morgan fingerprint density at radius 2 is 0.835 bits per heavy atom. The lowest BCUT2D eigenvalue weighted by Gasteiger charge is -2.17. The van der Waals surface area contributed by atoms with Crippen molar-refractivity contribution < 1.29 is 0 Å². The summed E-state index contributed by atoms with van der Waals surface area (Å²) in [5.41, 5.74) is 20.9. The lowest BCUT2D eigenvalue weighted by molar-refractivity contribution is 0.410. The number of aliphatic imine (C=N–C) groups is 1. The average molecular weight is 1300 g/mol. The molecule has 1 aliphatic heterocycles. The van der Waals surface area contributed by atoms with E-state index in [1.165, 1.54) is 99.4 Å². The van der Waals surface area contributed by atoms with E-state index in [-0.39, 0.29) is 0 Å². The van der Waals surface area contributed by atoms with Crippen LogP contribution in [0, 0.1) is 70.1 Å². The number of para-hydroxylation sites is 1. The van der Waals surface area contributed by atoms with Gasteiger partial charge in [0.2, 0.25) is 0 Å². The van der Waals surface area contributed by atoms with Gasteiger partial charge in [-0.3, -0.25) is 4.99 Å². The van der Waals surface area contributed by atoms with Crippen LogP contribution in [0.2, 0.25) is 0 Å². The Morgan fingerprint density at radius 1 is 0.363 bits per heavy atom. The maximum Gasteiger partial charge on any atom is 0.0943 e. The average Bonchev–Trinajstić information content (AvgIpc) is 2.11. The van der Waals surface area contributed by atoms with Crippen LogP contribution in [0.15, 0.2) is 151 Å². The molecule has 1 aliphatic carbocycles. The monoisotopic (exact) mass is 1300 g/mol. The fraction of sp³-hybridized carbons (Fsp3) is 0.370. The van der Waals surface area contributed by atoms with Crippen molar-refractivity contribution in [2.45, 2.75) is 177 Å². The van der Waals surface area contributed by atoms with Gasteiger partial charge in [-0.15, -0.1) is 56.7 Å². The fourth-order valence-corrected chi connectivity index (χ4v) is 16.0. The molecule has 12 aromatic rings. The summed E-state index contributed by atoms with van der Waals surface area (Å²) in [6.45, 7) is 44.1. The van der Waals surface area contributed by atoms with E-state index in [0.29, 0.717) is 21.7 Å². The van der Waals surface area contributed by atoms with Crippen LogP contribution >= 0.6 is 56.7 Å². The third kappa shape index (κ3) is 22.3. The number of nitrogens with zero attached hydrogens (tertiary/aromatic N) is 5. The van der Waals surface area contributed by atoms with Gasteiger partial charge < -0.3 is 0 Å². The molecule has 0 unspecified atom stereocenters. The van der Waals surface area contributed by atoms with Gasteiger partial charge in [-0.2, -0.15) is 0 Å². The summed E-state index contributed by atoms with van der Waals surface area (Å²) in [5, 5.41) is 6.18. The largest absolute Gasteiger partial charge is 0.261 e. The van der Waals surface area contributed by atoms with Crippen molar-refractivity contribution in [2.24, 2.45) is 26.7 Å². The van der Waals surface area contributed by atoms with Crippen LogP contribution in [-0.4, -0.2) is 26.2 Å². The summed E-state index contributed by atoms with van der Waals surface area (Å²) in [6.07, 6.45) is 10.8. The van der Waals surface area contributed by atoms with Gasteiger partial charge in [0.05, 0.1) is 66.6 Å². The van der Waals surface area contributed by atoms with Crippen molar-refractivity contribution in [1.29, 1.82) is 0 Å². The van der Waals surface area contributed by atoms with E-state index in [4.69, 9.17) is 0 Å². The van der Waals surface area contributed by atoms with Crippen molar-refractivity contribution in [3.05, 3.63) is 221 Å². The van der Waals surface area contributed by atoms with Crippen LogP contribution in [0.3, 0.4) is 0 Å². The Kier molecular flexibility index (Phi) is 23.6. The minimum absolute atomic E-state index is 0.322. The van der Waals surface area contributed by atoms with Gasteiger partial charge in [0, 0.05) is 35.1 Å². The molecule has 476 valence electrons. The Balaban J connectivity index is 0.000000138. The maximum atomic E-state index is 4.68. The van der Waals surface area contributed by atoms with Crippen molar-refractivity contribution >= 4 is 125 Å². The molecule has 0 saturated carbocycles. The highest BCUT2D eigenvalue weighted by Crippen LogP contribution is 2.33. The first-order valence-corrected chi connectivity index (χ1v) is 36.1. The van der Waals surface area contributed by atoms with E-state index in [1.807, 2.05) is 65.3 Å². The zero-order valence-electron chi connectivity index (χ0n) is 58.0. The molecule has 0 saturated heterocycles. The summed E-state index contributed by atoms with van der Waals surface area (Å²) < 4.78 is 6.63. The normalized spacial score (nSPS) is 12.5. The van der Waals surface area contributed by atoms with Crippen molar-refractivity contribution in [3.8, 4) is 0 Å². The second-order valence-corrected chi connectivity index (χ2v) is 35.5. The molecule has 0 N–H and O–H groups in total. The SMILES string of the molecule is CC1=CCc2ccc(C)cc21.Cc1cc2ccc(CC(C)(C)C)cc2s1.Cc1ccc2c(c1)N=CC2.Cc1ccc2sc(CC(C)(C)C)nc2c1.Cc1ccc2sc(CC(C)(C)C)nc2c1.Cc1nc2ccc(CC(C)(C)C)cc2s1.Cc1nc2ccccc2s1. The van der Waals surface area contributed by atoms with Crippen LogP contribution in [0.4, 0.5) is 5.69 Å². The molecule has 0 radical (unpaired) electrons. The molecule has 0 atom stereocenters. The van der Waals surface area contributed by atoms with E-state index in [1.54, 1.807) is 22.7 Å². The van der Waals surface area contributed by atoms with Gasteiger partial charge in [0.25, 0.3) is 0 Å². The molecule has 0 bridgehead atoms. The highest BCUT2D eigenvalue weighted by molar-refractivity contribution is 7.20. The second-order valence-electron chi connectivity index (χ2n) is 29.5. The number of thiazole rings is 4. The first-order chi connectivity index (χ1) is 42.7. The minimum atomic E-state index is 0.322. The van der Waals surface area contributed by atoms with E-state index < -0.39 is 0 Å². The van der Waals surface area contributed by atoms with E-state index in [9.17, 15) is 0 Å². The third-order valence-electron chi connectivity index (χ3n) is 14.8. The molecule has 6 heterocycles. The van der Waals surface area contributed by atoms with Gasteiger partial charge in [-0.25, -0.2) is 19.9 Å². The zero-order chi connectivity index (χ0) is 66.0. The Morgan fingerprint density at radius 3 is 1.40 bits per heavy atom. The summed E-state index contributed by atoms with van der Waals surface area (Å²) in [4.78, 5) is 23.8. The molecule has 10 heteroatoms. The van der Waals surface area contributed by atoms with Crippen molar-refractivity contribution in [3.63, 3.8) is 0 Å². The lowest BCUT2D eigenvalue weighted by Crippen LogP contribution is -2.08. The number of hydrogen-bond acceptors (Lipinski definition) is 10. The predicted molar refractivity (Wildman–Crippen MR) is 408 cm³/mol. The van der Waals surface area contributed by atoms with Crippen LogP contribution in [0.25, 0.3) is 56.5 Å². The topological polar surface area (TPSA) is 63.9 Å². The minimum Gasteiger partial charge on any atom is -0.261 e. The first-order valence-electron chi connectivity index (χ1n) is 32.0. The number of aryl methyl sites for hydroxylation is 7. The van der Waals surface area contributed by atoms with Gasteiger partial charge in [0.1, 0.15) is 0 Å². The number of fused-ring (bicyclic) bond motifs is 7. The Hall–Kier alpha value is -6.53. The standard InChI is InChI=1S/C14H18S.3C13H17NS.C11H12.C9H9N.C8H7NS/c1-10-7-12-6-5-11(8-13(12)15-10)9-14(2,3)4;1-9-14-11-6-5-10(7-12(11)15-9)8-13(2,3)4;2*1-9-5-6-11-10(7-9)14-12(15-11)8-13(2,3)4;1-8-3-5-10-6-4-9(2)11(10)7-8;1-7-2-3-8-4-5-10-9(8)6-7;1-6-9-7-4-2-3-5-8(7)10-6/h5-8H,9H2,1-4H3;3*5-7H,8H2,1-4H3;3-5,7H,6H2,1-2H3;2-3,5-6H,4H2,1H3;2-5H,1H3. The van der Waals surface area contributed by atoms with Crippen molar-refractivity contribution in [2.75, 3.05) is 0 Å². The summed E-state index contributed by atoms with van der Waals surface area (Å²) >= 11 is 9.06. The number of benzene rings is 7. The third-order valence-corrected chi connectivity index (χ3v) is 19.7. The molecule has 2 aliphatic rings. The number of allylic oxidation sites excluding steroid dienone is 2. The molecular weight excluding hydrogens is 1200 g/mol. The number of hydrogen-bond donors (Lipinski definition) is 0. The van der Waals surface area contributed by atoms with Crippen LogP contribution in [0.5, 0.6) is 0 Å². The zero-order valence-corrected chi connectivity index (χ0v) is 62.0. The molecular formula is C81H97N5S5. The fourth-order valence-electron chi connectivity index (χ4n) is 10.8. The Bertz CT molecular complexity index is 4200. The highest BCUT2D eigenvalue weighted by atomic mass is 32.1. The number of rotatable bonds is 4. The summed E-state index contributed by atoms with van der Waals surface area (Å²) in [7, 11) is 0. The second kappa shape index (κ2) is 30.5. The highest BCUT2D eigenvalue weighted by Gasteiger charge is 2.18. The molecule has 0 amide bonds. The number of aromatic nitrogens is 4. The quantitative estimate of drug-likeness (QED) is 0.176. The van der Waals surface area contributed by atoms with Crippen molar-refractivity contribution in [1.82, 2.24) is 19.9 Å². The molecule has 5 aromatic heterocycles. The molecule has 0 spiro atoms. The molecule has 0 fully saturated rings. The Labute approximate surface area is 565 Å². The smallest absolute Gasteiger partial charge is 0.0943 e. The summed E-state index contributed by atoms with van der Waals surface area (Å²) in [5.74, 6) is 0. The maximum absolute atomic E-state index is 4.68. The van der Waals surface area contributed by atoms with Gasteiger partial charge in [0.15, 0.2) is 0 Å². The van der Waals surface area contributed by atoms with Crippen LogP contribution in [-0.2, 0) is 38.5 Å². The van der Waals surface area contributed by atoms with Gasteiger partial charge in [-0.1, -0.05) is 168 Å². The van der Waals surface area contributed by atoms with E-state index >= 15 is 0 Å². The van der Waals surface area contributed by atoms with E-state index in [2.05, 4.69) is 284 Å². The van der Waals surface area contributed by atoms with Crippen LogP contribution in [0.1, 0.15) is 165 Å². The number of thiophene rings is 1. The van der Waals surface area contributed by atoms with Gasteiger partial charge >= 0.3 is 0 Å². The van der Waals surface area contributed by atoms with Crippen LogP contribution < -0.4 is 0 Å². The molecule has 91 heavy (non-hydrogen) atoms. The van der Waals surface area contributed by atoms with Gasteiger partial charge in [-0.05, 0) is 219 Å². The summed E-state index contributed by atoms with van der Waals surface area (Å²) in [6, 6.07) is 50.0. The molecule has 14 rings (SSSR count). The predicted octanol–water partition coefficient (Wildman–Crippen LogP) is 25.2. The molecule has 7 aromatic carbocycles. The lowest BCUT2D eigenvalue weighted by atomic mass is 9.88.